The van der Waals surface area contributed by atoms with Gasteiger partial charge in [-0.3, -0.25) is 14.8 Å². The minimum absolute atomic E-state index is 0. The van der Waals surface area contributed by atoms with Gasteiger partial charge in [-0.05, 0) is 25.2 Å². The molecule has 1 fully saturated rings. The molecule has 2 aromatic carbocycles. The molecule has 4 rings (SSSR count). The van der Waals surface area contributed by atoms with Crippen LogP contribution in [0.4, 0.5) is 0 Å². The van der Waals surface area contributed by atoms with Crippen LogP contribution in [0.15, 0.2) is 54.6 Å². The third kappa shape index (κ3) is 3.82. The summed E-state index contributed by atoms with van der Waals surface area (Å²) in [5, 5.41) is 3.25. The van der Waals surface area contributed by atoms with Gasteiger partial charge in [0.1, 0.15) is 5.15 Å². The molecule has 0 aliphatic carbocycles. The van der Waals surface area contributed by atoms with Crippen LogP contribution in [0.25, 0.3) is 16.6 Å². The highest BCUT2D eigenvalue weighted by Crippen LogP contribution is 2.33. The van der Waals surface area contributed by atoms with Crippen molar-refractivity contribution in [3.05, 3.63) is 65.3 Å². The van der Waals surface area contributed by atoms with Gasteiger partial charge in [0.15, 0.2) is 0 Å². The molecule has 142 valence electrons. The van der Waals surface area contributed by atoms with E-state index in [4.69, 9.17) is 11.6 Å². The van der Waals surface area contributed by atoms with Gasteiger partial charge in [-0.15, -0.1) is 12.4 Å². The van der Waals surface area contributed by atoms with Crippen molar-refractivity contribution in [1.82, 2.24) is 19.9 Å². The lowest BCUT2D eigenvalue weighted by Gasteiger charge is -2.32. The molecule has 1 amide bonds. The predicted molar refractivity (Wildman–Crippen MR) is 112 cm³/mol. The van der Waals surface area contributed by atoms with Gasteiger partial charge in [-0.2, -0.15) is 0 Å². The first-order chi connectivity index (χ1) is 12.6. The van der Waals surface area contributed by atoms with Crippen LogP contribution in [0.5, 0.6) is 0 Å². The number of hydrogen-bond donors (Lipinski definition) is 1. The fraction of sp³-hybridized carbons (Fsp3) is 0.250. The van der Waals surface area contributed by atoms with Crippen molar-refractivity contribution in [3.63, 3.8) is 0 Å². The number of rotatable bonds is 3. The van der Waals surface area contributed by atoms with Crippen molar-refractivity contribution in [2.75, 3.05) is 33.2 Å². The van der Waals surface area contributed by atoms with Gasteiger partial charge in [-0.1, -0.05) is 48.0 Å². The monoisotopic (exact) mass is 404 g/mol. The summed E-state index contributed by atoms with van der Waals surface area (Å²) in [5.74, 6) is -0.162. The van der Waals surface area contributed by atoms with Gasteiger partial charge in [0.25, 0.3) is 5.91 Å². The van der Waals surface area contributed by atoms with E-state index in [9.17, 15) is 4.79 Å². The fourth-order valence-electron chi connectivity index (χ4n) is 3.37. The number of nitrogens with zero attached hydrogens (tertiary/aromatic N) is 3. The first kappa shape index (κ1) is 19.7. The van der Waals surface area contributed by atoms with Crippen molar-refractivity contribution < 1.29 is 4.79 Å². The van der Waals surface area contributed by atoms with Crippen LogP contribution in [0, 0.1) is 0 Å². The van der Waals surface area contributed by atoms with E-state index >= 15 is 0 Å². The maximum Gasteiger partial charge on any atom is 0.269 e. The van der Waals surface area contributed by atoms with Crippen molar-refractivity contribution in [1.29, 1.82) is 0 Å². The Kier molecular flexibility index (Phi) is 6.07. The number of hydrazine groups is 1. The van der Waals surface area contributed by atoms with Crippen LogP contribution in [-0.2, 0) is 0 Å². The second kappa shape index (κ2) is 8.31. The molecule has 1 aliphatic heterocycles. The summed E-state index contributed by atoms with van der Waals surface area (Å²) in [6, 6.07) is 17.7. The lowest BCUT2D eigenvalue weighted by atomic mass is 10.1. The molecule has 0 radical (unpaired) electrons. The molecule has 0 saturated carbocycles. The minimum atomic E-state index is -0.162. The van der Waals surface area contributed by atoms with E-state index in [0.717, 1.165) is 42.8 Å². The molecule has 7 heteroatoms. The van der Waals surface area contributed by atoms with Crippen LogP contribution in [0.3, 0.4) is 0 Å². The highest BCUT2D eigenvalue weighted by Gasteiger charge is 2.24. The molecule has 5 nitrogen and oxygen atoms in total. The van der Waals surface area contributed by atoms with E-state index < -0.39 is 0 Å². The molecule has 0 unspecified atom stereocenters. The van der Waals surface area contributed by atoms with Gasteiger partial charge in [0.2, 0.25) is 0 Å². The highest BCUT2D eigenvalue weighted by atomic mass is 35.5. The third-order valence-electron chi connectivity index (χ3n) is 4.82. The quantitative estimate of drug-likeness (QED) is 0.724. The van der Waals surface area contributed by atoms with E-state index in [-0.39, 0.29) is 18.3 Å². The zero-order valence-corrected chi connectivity index (χ0v) is 16.6. The van der Waals surface area contributed by atoms with Crippen LogP contribution in [0.1, 0.15) is 10.4 Å². The summed E-state index contributed by atoms with van der Waals surface area (Å²) >= 11 is 6.70. The first-order valence-electron chi connectivity index (χ1n) is 8.74. The summed E-state index contributed by atoms with van der Waals surface area (Å²) < 4.78 is 1.93. The van der Waals surface area contributed by atoms with Crippen molar-refractivity contribution in [3.8, 4) is 5.69 Å². The van der Waals surface area contributed by atoms with Crippen molar-refractivity contribution in [2.45, 2.75) is 0 Å². The lowest BCUT2D eigenvalue weighted by Crippen LogP contribution is -2.52. The molecule has 0 bridgehead atoms. The van der Waals surface area contributed by atoms with Crippen molar-refractivity contribution in [2.24, 2.45) is 0 Å². The predicted octanol–water partition coefficient (Wildman–Crippen LogP) is 3.60. The molecule has 1 aromatic heterocycles. The number of para-hydroxylation sites is 2. The average molecular weight is 405 g/mol. The van der Waals surface area contributed by atoms with Gasteiger partial charge in [-0.25, -0.2) is 5.01 Å². The summed E-state index contributed by atoms with van der Waals surface area (Å²) in [7, 11) is 2.09. The Morgan fingerprint density at radius 3 is 2.30 bits per heavy atom. The summed E-state index contributed by atoms with van der Waals surface area (Å²) in [6.07, 6.45) is 0. The van der Waals surface area contributed by atoms with E-state index in [0.29, 0.717) is 10.7 Å². The van der Waals surface area contributed by atoms with E-state index in [2.05, 4.69) is 17.4 Å². The Morgan fingerprint density at radius 1 is 0.963 bits per heavy atom. The zero-order valence-electron chi connectivity index (χ0n) is 15.1. The van der Waals surface area contributed by atoms with Gasteiger partial charge < -0.3 is 4.90 Å². The largest absolute Gasteiger partial charge is 0.304 e. The number of carbonyl (C=O) groups is 1. The standard InChI is InChI=1S/C20H21ClN4O.ClH/c1-23-11-13-24(14-12-23)22-20(26)18-16-9-5-6-10-17(16)25(19(18)21)15-7-3-2-4-8-15;/h2-10H,11-14H2,1H3,(H,22,26);1H. The molecule has 0 spiro atoms. The van der Waals surface area contributed by atoms with E-state index in [1.54, 1.807) is 0 Å². The summed E-state index contributed by atoms with van der Waals surface area (Å²) in [4.78, 5) is 15.3. The molecule has 27 heavy (non-hydrogen) atoms. The number of piperazine rings is 1. The number of likely N-dealkylation sites (N-methyl/N-ethyl adjacent to an activating group) is 1. The number of hydrogen-bond acceptors (Lipinski definition) is 3. The highest BCUT2D eigenvalue weighted by molar-refractivity contribution is 6.35. The van der Waals surface area contributed by atoms with Crippen LogP contribution in [0.2, 0.25) is 5.15 Å². The number of aromatic nitrogens is 1. The Hall–Kier alpha value is -2.05. The number of fused-ring (bicyclic) bond motifs is 1. The van der Waals surface area contributed by atoms with Gasteiger partial charge in [0, 0.05) is 37.3 Å². The number of amides is 1. The molecule has 3 aromatic rings. The topological polar surface area (TPSA) is 40.5 Å². The van der Waals surface area contributed by atoms with Crippen LogP contribution < -0.4 is 5.43 Å². The van der Waals surface area contributed by atoms with E-state index in [1.165, 1.54) is 0 Å². The molecule has 0 atom stereocenters. The zero-order chi connectivity index (χ0) is 18.1. The molecule has 1 saturated heterocycles. The van der Waals surface area contributed by atoms with Crippen LogP contribution >= 0.6 is 24.0 Å². The second-order valence-corrected chi connectivity index (χ2v) is 6.94. The maximum absolute atomic E-state index is 13.0. The van der Waals surface area contributed by atoms with Crippen LogP contribution in [-0.4, -0.2) is 53.6 Å². The smallest absolute Gasteiger partial charge is 0.269 e. The third-order valence-corrected chi connectivity index (χ3v) is 5.18. The van der Waals surface area contributed by atoms with Gasteiger partial charge in [0.05, 0.1) is 11.1 Å². The number of benzene rings is 2. The van der Waals surface area contributed by atoms with Gasteiger partial charge >= 0.3 is 0 Å². The summed E-state index contributed by atoms with van der Waals surface area (Å²) in [5.41, 5.74) is 5.40. The number of nitrogens with one attached hydrogen (secondary N) is 1. The molecule has 1 N–H and O–H groups in total. The maximum atomic E-state index is 13.0. The Balaban J connectivity index is 0.00000210. The number of carbonyl (C=O) groups excluding carboxylic acids is 1. The number of halogens is 2. The Labute approximate surface area is 169 Å². The normalized spacial score (nSPS) is 15.5. The van der Waals surface area contributed by atoms with Crippen molar-refractivity contribution >= 4 is 40.8 Å². The summed E-state index contributed by atoms with van der Waals surface area (Å²) in [6.45, 7) is 3.47. The van der Waals surface area contributed by atoms with E-state index in [1.807, 2.05) is 64.2 Å². The Morgan fingerprint density at radius 2 is 1.59 bits per heavy atom. The average Bonchev–Trinajstić information content (AvgIpc) is 2.96. The minimum Gasteiger partial charge on any atom is -0.304 e. The fourth-order valence-corrected chi connectivity index (χ4v) is 3.75. The first-order valence-corrected chi connectivity index (χ1v) is 9.12. The SMILES string of the molecule is CN1CCN(NC(=O)c2c(Cl)n(-c3ccccc3)c3ccccc23)CC1.Cl. The molecule has 2 heterocycles. The molecular formula is C20H22Cl2N4O. The second-order valence-electron chi connectivity index (χ2n) is 6.59. The lowest BCUT2D eigenvalue weighted by molar-refractivity contribution is 0.0664. The molecule has 1 aliphatic rings. The Bertz CT molecular complexity index is 934. The molecular weight excluding hydrogens is 383 g/mol.